The fourth-order valence-corrected chi connectivity index (χ4v) is 2.12. The monoisotopic (exact) mass is 233 g/mol. The van der Waals surface area contributed by atoms with Crippen molar-refractivity contribution in [3.05, 3.63) is 28.9 Å². The number of tetrazole rings is 1. The molecule has 0 spiro atoms. The smallest absolute Gasteiger partial charge is 0.198 e. The lowest BCUT2D eigenvalue weighted by atomic mass is 10.1. The van der Waals surface area contributed by atoms with Crippen LogP contribution in [0.3, 0.4) is 0 Å². The molecule has 0 atom stereocenters. The Bertz CT molecular complexity index is 675. The van der Waals surface area contributed by atoms with Crippen LogP contribution in [0, 0.1) is 0 Å². The lowest BCUT2D eigenvalue weighted by molar-refractivity contribution is 0.837. The largest absolute Gasteiger partial charge is 0.251 e. The van der Waals surface area contributed by atoms with Crippen molar-refractivity contribution < 1.29 is 0 Å². The van der Waals surface area contributed by atoms with E-state index in [1.54, 1.807) is 10.7 Å². The van der Waals surface area contributed by atoms with Gasteiger partial charge in [0.2, 0.25) is 0 Å². The van der Waals surface area contributed by atoms with Crippen LogP contribution in [0.25, 0.3) is 16.7 Å². The molecule has 0 aliphatic carbocycles. The van der Waals surface area contributed by atoms with Gasteiger partial charge < -0.3 is 0 Å². The summed E-state index contributed by atoms with van der Waals surface area (Å²) in [7, 11) is 0. The average molecular weight is 234 g/mol. The van der Waals surface area contributed by atoms with Gasteiger partial charge in [0.05, 0.1) is 17.2 Å². The molecule has 1 aromatic carbocycles. The van der Waals surface area contributed by atoms with Crippen molar-refractivity contribution in [3.8, 4) is 0 Å². The van der Waals surface area contributed by atoms with E-state index < -0.39 is 0 Å². The van der Waals surface area contributed by atoms with E-state index in [0.717, 1.165) is 28.0 Å². The molecule has 0 aliphatic rings. The van der Waals surface area contributed by atoms with Crippen molar-refractivity contribution in [1.29, 1.82) is 0 Å². The summed E-state index contributed by atoms with van der Waals surface area (Å²) in [5.74, 6) is 0. The number of hydrogen-bond donors (Lipinski definition) is 0. The molecule has 2 aromatic heterocycles. The predicted octanol–water partition coefficient (Wildman–Crippen LogP) is 1.89. The van der Waals surface area contributed by atoms with Gasteiger partial charge in [0.1, 0.15) is 0 Å². The van der Waals surface area contributed by atoms with Gasteiger partial charge in [-0.1, -0.05) is 18.5 Å². The fraction of sp³-hybridized carbons (Fsp3) is 0.200. The van der Waals surface area contributed by atoms with Crippen LogP contribution in [0.15, 0.2) is 18.3 Å². The molecule has 0 fully saturated rings. The number of hydrogen-bond acceptors (Lipinski definition) is 4. The zero-order valence-corrected chi connectivity index (χ0v) is 9.31. The summed E-state index contributed by atoms with van der Waals surface area (Å²) in [6.45, 7) is 2.05. The number of aryl methyl sites for hydroxylation is 1. The maximum atomic E-state index is 6.16. The molecule has 0 aliphatic heterocycles. The van der Waals surface area contributed by atoms with Crippen molar-refractivity contribution in [2.24, 2.45) is 0 Å². The topological polar surface area (TPSA) is 56.0 Å². The Morgan fingerprint density at radius 3 is 3.06 bits per heavy atom. The van der Waals surface area contributed by atoms with Crippen molar-refractivity contribution in [1.82, 2.24) is 25.0 Å². The summed E-state index contributed by atoms with van der Waals surface area (Å²) in [6, 6.07) is 3.73. The van der Waals surface area contributed by atoms with Crippen LogP contribution in [-0.4, -0.2) is 25.0 Å². The molecule has 5 nitrogen and oxygen atoms in total. The van der Waals surface area contributed by atoms with Gasteiger partial charge >= 0.3 is 0 Å². The third-order valence-electron chi connectivity index (χ3n) is 2.58. The second-order valence-electron chi connectivity index (χ2n) is 3.45. The fourth-order valence-electron chi connectivity index (χ4n) is 1.84. The Kier molecular flexibility index (Phi) is 2.00. The molecule has 3 aromatic rings. The first kappa shape index (κ1) is 9.47. The van der Waals surface area contributed by atoms with E-state index in [-0.39, 0.29) is 0 Å². The quantitative estimate of drug-likeness (QED) is 0.644. The minimum Gasteiger partial charge on any atom is -0.251 e. The summed E-state index contributed by atoms with van der Waals surface area (Å²) in [5.41, 5.74) is 3.38. The van der Waals surface area contributed by atoms with Gasteiger partial charge in [0.25, 0.3) is 0 Å². The molecule has 6 heteroatoms. The van der Waals surface area contributed by atoms with Crippen molar-refractivity contribution >= 4 is 28.3 Å². The maximum Gasteiger partial charge on any atom is 0.198 e. The lowest BCUT2D eigenvalue weighted by Gasteiger charge is -2.06. The zero-order valence-electron chi connectivity index (χ0n) is 8.55. The first-order valence-electron chi connectivity index (χ1n) is 4.95. The predicted molar refractivity (Wildman–Crippen MR) is 60.5 cm³/mol. The molecule has 0 N–H and O–H groups in total. The highest BCUT2D eigenvalue weighted by atomic mass is 35.5. The first-order valence-corrected chi connectivity index (χ1v) is 5.33. The molecule has 2 heterocycles. The Morgan fingerprint density at radius 1 is 1.38 bits per heavy atom. The van der Waals surface area contributed by atoms with Crippen LogP contribution in [-0.2, 0) is 6.42 Å². The van der Waals surface area contributed by atoms with E-state index in [4.69, 9.17) is 11.6 Å². The molecular weight excluding hydrogens is 226 g/mol. The molecule has 0 saturated carbocycles. The van der Waals surface area contributed by atoms with Crippen LogP contribution in [0.2, 0.25) is 5.02 Å². The summed E-state index contributed by atoms with van der Waals surface area (Å²) in [4.78, 5) is 4.31. The van der Waals surface area contributed by atoms with Gasteiger partial charge in [-0.15, -0.1) is 5.10 Å². The second-order valence-corrected chi connectivity index (χ2v) is 3.86. The van der Waals surface area contributed by atoms with Gasteiger partial charge in [0.15, 0.2) is 5.65 Å². The molecule has 0 unspecified atom stereocenters. The third kappa shape index (κ3) is 1.18. The average Bonchev–Trinajstić information content (AvgIpc) is 2.77. The minimum absolute atomic E-state index is 0.629. The van der Waals surface area contributed by atoms with Crippen LogP contribution < -0.4 is 0 Å². The Hall–Kier alpha value is -1.75. The van der Waals surface area contributed by atoms with Gasteiger partial charge in [-0.3, -0.25) is 4.98 Å². The molecule has 0 bridgehead atoms. The van der Waals surface area contributed by atoms with E-state index in [9.17, 15) is 0 Å². The number of benzene rings is 1. The van der Waals surface area contributed by atoms with E-state index >= 15 is 0 Å². The molecule has 0 radical (unpaired) electrons. The van der Waals surface area contributed by atoms with E-state index in [1.807, 2.05) is 19.1 Å². The van der Waals surface area contributed by atoms with Crippen LogP contribution in [0.4, 0.5) is 0 Å². The van der Waals surface area contributed by atoms with E-state index in [2.05, 4.69) is 20.5 Å². The third-order valence-corrected chi connectivity index (χ3v) is 2.94. The van der Waals surface area contributed by atoms with Crippen molar-refractivity contribution in [2.75, 3.05) is 0 Å². The first-order chi connectivity index (χ1) is 7.81. The minimum atomic E-state index is 0.629. The Morgan fingerprint density at radius 2 is 2.25 bits per heavy atom. The van der Waals surface area contributed by atoms with E-state index in [1.165, 1.54) is 0 Å². The van der Waals surface area contributed by atoms with Gasteiger partial charge in [0, 0.05) is 5.02 Å². The van der Waals surface area contributed by atoms with Crippen molar-refractivity contribution in [3.63, 3.8) is 0 Å². The van der Waals surface area contributed by atoms with Gasteiger partial charge in [-0.2, -0.15) is 4.52 Å². The molecule has 0 amide bonds. The summed E-state index contributed by atoms with van der Waals surface area (Å²) in [6.07, 6.45) is 2.46. The highest BCUT2D eigenvalue weighted by Gasteiger charge is 2.10. The molecule has 16 heavy (non-hydrogen) atoms. The lowest BCUT2D eigenvalue weighted by Crippen LogP contribution is -1.98. The summed E-state index contributed by atoms with van der Waals surface area (Å²) >= 11 is 6.16. The summed E-state index contributed by atoms with van der Waals surface area (Å²) < 4.78 is 1.67. The van der Waals surface area contributed by atoms with Crippen LogP contribution >= 0.6 is 11.6 Å². The normalized spacial score (nSPS) is 11.4. The number of fused-ring (bicyclic) bond motifs is 3. The Balaban J connectivity index is 2.59. The van der Waals surface area contributed by atoms with Crippen LogP contribution in [0.5, 0.6) is 0 Å². The summed E-state index contributed by atoms with van der Waals surface area (Å²) in [5, 5.41) is 12.2. The maximum absolute atomic E-state index is 6.16. The van der Waals surface area contributed by atoms with Gasteiger partial charge in [-0.25, -0.2) is 0 Å². The second kappa shape index (κ2) is 3.38. The molecule has 3 rings (SSSR count). The highest BCUT2D eigenvalue weighted by Crippen LogP contribution is 2.25. The van der Waals surface area contributed by atoms with E-state index in [0.29, 0.717) is 5.65 Å². The highest BCUT2D eigenvalue weighted by molar-refractivity contribution is 6.32. The molecule has 80 valence electrons. The number of nitrogens with zero attached hydrogens (tertiary/aromatic N) is 5. The SMILES string of the molecule is CCc1c(Cl)ccc2ncc3nnnn3c12. The molecule has 0 saturated heterocycles. The van der Waals surface area contributed by atoms with Gasteiger partial charge in [-0.05, 0) is 34.5 Å². The Labute approximate surface area is 96.0 Å². The zero-order chi connectivity index (χ0) is 11.1. The number of halogens is 1. The molecular formula is C10H8ClN5. The standard InChI is InChI=1S/C10H8ClN5/c1-2-6-7(11)3-4-8-10(6)16-9(5-12-8)13-14-15-16/h3-5H,2H2,1H3. The van der Waals surface area contributed by atoms with Crippen LogP contribution in [0.1, 0.15) is 12.5 Å². The number of aromatic nitrogens is 5. The number of rotatable bonds is 1. The van der Waals surface area contributed by atoms with Crippen molar-refractivity contribution in [2.45, 2.75) is 13.3 Å².